The molecule has 0 aliphatic carbocycles. The molecule has 0 saturated heterocycles. The van der Waals surface area contributed by atoms with E-state index in [2.05, 4.69) is 16.1 Å². The van der Waals surface area contributed by atoms with E-state index in [1.807, 2.05) is 44.2 Å². The second-order valence-corrected chi connectivity index (χ2v) is 6.72. The molecule has 0 aliphatic rings. The van der Waals surface area contributed by atoms with Gasteiger partial charge < -0.3 is 4.74 Å². The van der Waals surface area contributed by atoms with Crippen LogP contribution in [-0.2, 0) is 6.61 Å². The Morgan fingerprint density at radius 3 is 2.88 bits per heavy atom. The fourth-order valence-corrected chi connectivity index (χ4v) is 3.36. The quantitative estimate of drug-likeness (QED) is 0.574. The van der Waals surface area contributed by atoms with Crippen LogP contribution in [0.25, 0.3) is 15.9 Å². The predicted molar refractivity (Wildman–Crippen MR) is 94.9 cm³/mol. The van der Waals surface area contributed by atoms with Gasteiger partial charge in [0, 0.05) is 0 Å². The topological polar surface area (TPSA) is 56.5 Å². The number of aromatic nitrogens is 3. The average molecular weight is 337 g/mol. The monoisotopic (exact) mass is 337 g/mol. The first-order valence-electron chi connectivity index (χ1n) is 7.59. The van der Waals surface area contributed by atoms with Gasteiger partial charge in [-0.15, -0.1) is 0 Å². The Morgan fingerprint density at radius 1 is 1.17 bits per heavy atom. The number of rotatable bonds is 3. The van der Waals surface area contributed by atoms with Crippen LogP contribution in [0.2, 0.25) is 0 Å². The fourth-order valence-electron chi connectivity index (χ4n) is 2.56. The third-order valence-electron chi connectivity index (χ3n) is 3.84. The molecule has 2 heterocycles. The summed E-state index contributed by atoms with van der Waals surface area (Å²) in [6.07, 6.45) is 0. The second kappa shape index (κ2) is 5.72. The molecule has 4 rings (SSSR count). The van der Waals surface area contributed by atoms with Crippen LogP contribution in [0.1, 0.15) is 16.1 Å². The molecule has 0 N–H and O–H groups in total. The minimum atomic E-state index is -0.148. The van der Waals surface area contributed by atoms with Crippen LogP contribution in [0.5, 0.6) is 5.75 Å². The van der Waals surface area contributed by atoms with Gasteiger partial charge in [-0.2, -0.15) is 9.61 Å². The summed E-state index contributed by atoms with van der Waals surface area (Å²) in [7, 11) is 0. The summed E-state index contributed by atoms with van der Waals surface area (Å²) in [5.41, 5.74) is 2.75. The largest absolute Gasteiger partial charge is 0.486 e. The molecule has 6 heteroatoms. The van der Waals surface area contributed by atoms with Crippen molar-refractivity contribution in [2.24, 2.45) is 0 Å². The lowest BCUT2D eigenvalue weighted by molar-refractivity contribution is 0.301. The molecule has 0 unspecified atom stereocenters. The van der Waals surface area contributed by atoms with Gasteiger partial charge in [0.15, 0.2) is 5.01 Å². The molecule has 0 bridgehead atoms. The molecule has 2 aromatic heterocycles. The molecule has 0 atom stereocenters. The number of hydrogen-bond acceptors (Lipinski definition) is 5. The van der Waals surface area contributed by atoms with E-state index in [0.717, 1.165) is 21.9 Å². The third kappa shape index (κ3) is 2.55. The van der Waals surface area contributed by atoms with Crippen molar-refractivity contribution >= 4 is 27.2 Å². The highest BCUT2D eigenvalue weighted by molar-refractivity contribution is 7.16. The van der Waals surface area contributed by atoms with Gasteiger partial charge in [0.2, 0.25) is 4.96 Å². The predicted octanol–water partition coefficient (Wildman–Crippen LogP) is 3.50. The van der Waals surface area contributed by atoms with E-state index in [9.17, 15) is 4.79 Å². The van der Waals surface area contributed by atoms with Crippen LogP contribution < -0.4 is 10.3 Å². The van der Waals surface area contributed by atoms with E-state index in [1.54, 1.807) is 6.07 Å². The first kappa shape index (κ1) is 14.8. The van der Waals surface area contributed by atoms with Crippen molar-refractivity contribution < 1.29 is 4.74 Å². The summed E-state index contributed by atoms with van der Waals surface area (Å²) in [4.78, 5) is 17.6. The summed E-state index contributed by atoms with van der Waals surface area (Å²) in [5.74, 6) is 0.833. The zero-order valence-electron chi connectivity index (χ0n) is 13.3. The minimum Gasteiger partial charge on any atom is -0.486 e. The first-order chi connectivity index (χ1) is 11.6. The molecule has 0 saturated carbocycles. The molecule has 24 heavy (non-hydrogen) atoms. The van der Waals surface area contributed by atoms with E-state index in [4.69, 9.17) is 4.74 Å². The van der Waals surface area contributed by atoms with Crippen LogP contribution >= 0.6 is 11.3 Å². The molecule has 0 amide bonds. The molecule has 0 fully saturated rings. The zero-order chi connectivity index (χ0) is 16.7. The number of hydrogen-bond donors (Lipinski definition) is 0. The summed E-state index contributed by atoms with van der Waals surface area (Å²) < 4.78 is 7.23. The normalized spacial score (nSPS) is 11.2. The molecule has 5 nitrogen and oxygen atoms in total. The highest BCUT2D eigenvalue weighted by Crippen LogP contribution is 2.22. The van der Waals surface area contributed by atoms with Gasteiger partial charge >= 0.3 is 0 Å². The third-order valence-corrected chi connectivity index (χ3v) is 4.72. The maximum absolute atomic E-state index is 12.5. The van der Waals surface area contributed by atoms with Gasteiger partial charge in [0.25, 0.3) is 5.56 Å². The lowest BCUT2D eigenvalue weighted by atomic mass is 10.1. The molecule has 0 radical (unpaired) electrons. The van der Waals surface area contributed by atoms with Crippen molar-refractivity contribution in [2.75, 3.05) is 0 Å². The SMILES string of the molecule is Cc1ccc(C)c(OCc2nn3c(=O)c4ccccc4nc3s2)c1. The highest BCUT2D eigenvalue weighted by atomic mass is 32.1. The van der Waals surface area contributed by atoms with Gasteiger partial charge in [-0.25, -0.2) is 4.98 Å². The van der Waals surface area contributed by atoms with E-state index < -0.39 is 0 Å². The molecule has 2 aromatic carbocycles. The van der Waals surface area contributed by atoms with E-state index in [1.165, 1.54) is 15.9 Å². The Bertz CT molecular complexity index is 1110. The molecular formula is C18H15N3O2S. The average Bonchev–Trinajstić information content (AvgIpc) is 2.99. The highest BCUT2D eigenvalue weighted by Gasteiger charge is 2.11. The summed E-state index contributed by atoms with van der Waals surface area (Å²) in [6, 6.07) is 13.4. The Morgan fingerprint density at radius 2 is 2.00 bits per heavy atom. The van der Waals surface area contributed by atoms with E-state index in [0.29, 0.717) is 22.5 Å². The van der Waals surface area contributed by atoms with Gasteiger partial charge in [-0.05, 0) is 43.2 Å². The van der Waals surface area contributed by atoms with Crippen LogP contribution in [0.3, 0.4) is 0 Å². The Labute approximate surface area is 142 Å². The summed E-state index contributed by atoms with van der Waals surface area (Å²) in [5, 5.41) is 5.65. The molecule has 0 spiro atoms. The minimum absolute atomic E-state index is 0.148. The lowest BCUT2D eigenvalue weighted by Crippen LogP contribution is -2.15. The fraction of sp³-hybridized carbons (Fsp3) is 0.167. The van der Waals surface area contributed by atoms with Crippen LogP contribution in [0.4, 0.5) is 0 Å². The molecule has 4 aromatic rings. The van der Waals surface area contributed by atoms with E-state index >= 15 is 0 Å². The van der Waals surface area contributed by atoms with E-state index in [-0.39, 0.29) is 5.56 Å². The number of benzene rings is 2. The first-order valence-corrected chi connectivity index (χ1v) is 8.41. The molecule has 0 aliphatic heterocycles. The Kier molecular flexibility index (Phi) is 3.54. The van der Waals surface area contributed by atoms with Crippen LogP contribution in [0, 0.1) is 13.8 Å². The Balaban J connectivity index is 1.70. The molecule has 120 valence electrons. The van der Waals surface area contributed by atoms with Crippen LogP contribution in [0.15, 0.2) is 47.3 Å². The van der Waals surface area contributed by atoms with Crippen molar-refractivity contribution in [1.29, 1.82) is 0 Å². The van der Waals surface area contributed by atoms with Crippen molar-refractivity contribution in [2.45, 2.75) is 20.5 Å². The second-order valence-electron chi connectivity index (χ2n) is 5.68. The van der Waals surface area contributed by atoms with Gasteiger partial charge in [0.05, 0.1) is 10.9 Å². The number of nitrogens with zero attached hydrogens (tertiary/aromatic N) is 3. The van der Waals surface area contributed by atoms with Gasteiger partial charge in [-0.3, -0.25) is 4.79 Å². The lowest BCUT2D eigenvalue weighted by Gasteiger charge is -2.07. The number of aryl methyl sites for hydroxylation is 2. The number of para-hydroxylation sites is 1. The zero-order valence-corrected chi connectivity index (χ0v) is 14.1. The van der Waals surface area contributed by atoms with Crippen LogP contribution in [-0.4, -0.2) is 14.6 Å². The van der Waals surface area contributed by atoms with Crippen molar-refractivity contribution in [3.8, 4) is 5.75 Å². The summed E-state index contributed by atoms with van der Waals surface area (Å²) in [6.45, 7) is 4.35. The maximum atomic E-state index is 12.5. The number of ether oxygens (including phenoxy) is 1. The van der Waals surface area contributed by atoms with Crippen molar-refractivity contribution in [3.63, 3.8) is 0 Å². The summed E-state index contributed by atoms with van der Waals surface area (Å²) >= 11 is 1.37. The molecular weight excluding hydrogens is 322 g/mol. The van der Waals surface area contributed by atoms with Gasteiger partial charge in [-0.1, -0.05) is 35.6 Å². The number of fused-ring (bicyclic) bond motifs is 2. The van der Waals surface area contributed by atoms with Gasteiger partial charge in [0.1, 0.15) is 12.4 Å². The maximum Gasteiger partial charge on any atom is 0.283 e. The van der Waals surface area contributed by atoms with Crippen molar-refractivity contribution in [3.05, 3.63) is 69.0 Å². The smallest absolute Gasteiger partial charge is 0.283 e. The van der Waals surface area contributed by atoms with Crippen molar-refractivity contribution in [1.82, 2.24) is 14.6 Å². The Hall–Kier alpha value is -2.73. The standard InChI is InChI=1S/C18H15N3O2S/c1-11-7-8-12(2)15(9-11)23-10-16-20-21-17(22)13-5-3-4-6-14(13)19-18(21)24-16/h3-9H,10H2,1-2H3.